The van der Waals surface area contributed by atoms with Crippen LogP contribution in [-0.4, -0.2) is 83.3 Å². The van der Waals surface area contributed by atoms with Crippen molar-refractivity contribution in [3.05, 3.63) is 95.7 Å². The Labute approximate surface area is 249 Å². The van der Waals surface area contributed by atoms with Gasteiger partial charge in [0.25, 0.3) is 5.91 Å². The maximum absolute atomic E-state index is 13.0. The number of carbonyl (C=O) groups is 4. The molecule has 3 aromatic rings. The molecule has 2 aromatic carbocycles. The Balaban J connectivity index is 1.28. The number of hydrogen-bond acceptors (Lipinski definition) is 8. The maximum atomic E-state index is 13.0. The highest BCUT2D eigenvalue weighted by Crippen LogP contribution is 2.22. The number of rotatable bonds is 13. The molecule has 1 saturated heterocycles. The van der Waals surface area contributed by atoms with Crippen LogP contribution in [0.4, 0.5) is 10.6 Å². The first-order chi connectivity index (χ1) is 20.8. The third-order valence-electron chi connectivity index (χ3n) is 6.87. The summed E-state index contributed by atoms with van der Waals surface area (Å²) in [5.41, 5.74) is 2.13. The molecule has 4 rings (SSSR count). The number of anilines is 1. The fourth-order valence-corrected chi connectivity index (χ4v) is 4.51. The van der Waals surface area contributed by atoms with Crippen LogP contribution >= 0.6 is 0 Å². The van der Waals surface area contributed by atoms with E-state index in [1.807, 2.05) is 49.4 Å². The summed E-state index contributed by atoms with van der Waals surface area (Å²) in [6, 6.07) is 19.9. The zero-order valence-corrected chi connectivity index (χ0v) is 23.8. The number of benzene rings is 2. The van der Waals surface area contributed by atoms with E-state index in [1.54, 1.807) is 41.4 Å². The molecule has 0 radical (unpaired) electrons. The number of aromatic nitrogens is 1. The summed E-state index contributed by atoms with van der Waals surface area (Å²) >= 11 is 0. The van der Waals surface area contributed by atoms with E-state index in [-0.39, 0.29) is 32.3 Å². The first-order valence-corrected chi connectivity index (χ1v) is 13.9. The van der Waals surface area contributed by atoms with E-state index >= 15 is 0 Å². The molecule has 1 aromatic heterocycles. The number of aliphatic carboxylic acids is 1. The molecule has 1 aliphatic heterocycles. The second-order valence-corrected chi connectivity index (χ2v) is 10.1. The Kier molecular flexibility index (Phi) is 11.0. The van der Waals surface area contributed by atoms with Crippen molar-refractivity contribution in [2.75, 3.05) is 31.6 Å². The third-order valence-corrected chi connectivity index (χ3v) is 6.87. The van der Waals surface area contributed by atoms with Crippen molar-refractivity contribution in [2.24, 2.45) is 0 Å². The van der Waals surface area contributed by atoms with Gasteiger partial charge in [0.05, 0.1) is 18.7 Å². The minimum atomic E-state index is -1.33. The number of nitrogens with zero attached hydrogens (tertiary/aromatic N) is 2. The zero-order valence-electron chi connectivity index (χ0n) is 23.8. The van der Waals surface area contributed by atoms with E-state index in [2.05, 4.69) is 20.9 Å². The summed E-state index contributed by atoms with van der Waals surface area (Å²) in [7, 11) is 0. The van der Waals surface area contributed by atoms with Crippen LogP contribution < -0.4 is 16.0 Å². The normalized spacial score (nSPS) is 16.6. The van der Waals surface area contributed by atoms with Gasteiger partial charge in [0.2, 0.25) is 5.91 Å². The van der Waals surface area contributed by atoms with E-state index in [4.69, 9.17) is 9.47 Å². The van der Waals surface area contributed by atoms with Crippen LogP contribution in [0.2, 0.25) is 0 Å². The Morgan fingerprint density at radius 2 is 1.77 bits per heavy atom. The quantitative estimate of drug-likeness (QED) is 0.235. The molecular weight excluding hydrogens is 554 g/mol. The number of aryl methyl sites for hydroxylation is 1. The summed E-state index contributed by atoms with van der Waals surface area (Å²) in [5.74, 6) is -1.74. The molecule has 2 heterocycles. The average Bonchev–Trinajstić information content (AvgIpc) is 3.44. The monoisotopic (exact) mass is 589 g/mol. The van der Waals surface area contributed by atoms with E-state index in [1.165, 1.54) is 0 Å². The first-order valence-electron chi connectivity index (χ1n) is 13.9. The number of ether oxygens (including phenoxy) is 2. The Bertz CT molecular complexity index is 1370. The second kappa shape index (κ2) is 15.3. The summed E-state index contributed by atoms with van der Waals surface area (Å²) in [4.78, 5) is 55.5. The van der Waals surface area contributed by atoms with Crippen LogP contribution in [0, 0.1) is 6.92 Å². The van der Waals surface area contributed by atoms with Crippen molar-refractivity contribution in [2.45, 2.75) is 38.1 Å². The van der Waals surface area contributed by atoms with Crippen molar-refractivity contribution >= 4 is 29.7 Å². The SMILES string of the molecule is Cc1ccc(C(=O)N[C@@H](CNC(=O)CO[C@@H]2C[C@@H](CNc3ccccn3)N(C(=O)OCc3ccccc3)C2)C(=O)O)cc1. The topological polar surface area (TPSA) is 159 Å². The minimum Gasteiger partial charge on any atom is -0.480 e. The van der Waals surface area contributed by atoms with Gasteiger partial charge in [0.15, 0.2) is 0 Å². The molecule has 12 nitrogen and oxygen atoms in total. The van der Waals surface area contributed by atoms with Crippen LogP contribution in [0.5, 0.6) is 0 Å². The molecule has 3 amide bonds. The van der Waals surface area contributed by atoms with Gasteiger partial charge in [0, 0.05) is 24.8 Å². The van der Waals surface area contributed by atoms with Crippen LogP contribution in [0.1, 0.15) is 27.9 Å². The van der Waals surface area contributed by atoms with Gasteiger partial charge >= 0.3 is 12.1 Å². The molecule has 4 N–H and O–H groups in total. The van der Waals surface area contributed by atoms with Gasteiger partial charge in [-0.3, -0.25) is 9.59 Å². The van der Waals surface area contributed by atoms with Crippen LogP contribution in [0.3, 0.4) is 0 Å². The number of carboxylic acid groups (broad SMARTS) is 1. The van der Waals surface area contributed by atoms with Gasteiger partial charge in [-0.05, 0) is 43.2 Å². The molecule has 3 atom stereocenters. The molecule has 0 saturated carbocycles. The summed E-state index contributed by atoms with van der Waals surface area (Å²) in [5, 5.41) is 17.7. The van der Waals surface area contributed by atoms with E-state index in [0.717, 1.165) is 11.1 Å². The van der Waals surface area contributed by atoms with Crippen molar-refractivity contribution in [1.82, 2.24) is 20.5 Å². The lowest BCUT2D eigenvalue weighted by molar-refractivity contribution is -0.139. The van der Waals surface area contributed by atoms with Gasteiger partial charge in [0.1, 0.15) is 25.1 Å². The minimum absolute atomic E-state index is 0.121. The highest BCUT2D eigenvalue weighted by Gasteiger charge is 2.37. The Morgan fingerprint density at radius 3 is 2.47 bits per heavy atom. The molecule has 0 unspecified atom stereocenters. The van der Waals surface area contributed by atoms with E-state index < -0.39 is 36.0 Å². The standard InChI is InChI=1S/C31H35N5O7/c1-21-10-12-23(13-11-21)29(38)35-26(30(39)40)17-34-28(37)20-42-25-15-24(16-33-27-9-5-6-14-32-27)36(18-25)31(41)43-19-22-7-3-2-4-8-22/h2-14,24-26H,15-20H2,1H3,(H,32,33)(H,34,37)(H,35,38)(H,39,40)/t24-,25+,26-/m0/s1. The second-order valence-electron chi connectivity index (χ2n) is 10.1. The molecular formula is C31H35N5O7. The van der Waals surface area contributed by atoms with Crippen LogP contribution in [0.25, 0.3) is 0 Å². The molecule has 0 bridgehead atoms. The smallest absolute Gasteiger partial charge is 0.410 e. The highest BCUT2D eigenvalue weighted by molar-refractivity contribution is 5.96. The van der Waals surface area contributed by atoms with Gasteiger partial charge in [-0.25, -0.2) is 14.6 Å². The number of nitrogens with one attached hydrogen (secondary N) is 3. The number of likely N-dealkylation sites (tertiary alicyclic amines) is 1. The van der Waals surface area contributed by atoms with Crippen molar-refractivity contribution in [3.63, 3.8) is 0 Å². The van der Waals surface area contributed by atoms with Gasteiger partial charge in [-0.15, -0.1) is 0 Å². The predicted octanol–water partition coefficient (Wildman–Crippen LogP) is 2.60. The molecule has 12 heteroatoms. The van der Waals surface area contributed by atoms with E-state index in [9.17, 15) is 24.3 Å². The fourth-order valence-electron chi connectivity index (χ4n) is 4.51. The maximum Gasteiger partial charge on any atom is 0.410 e. The molecule has 1 fully saturated rings. The van der Waals surface area contributed by atoms with Gasteiger partial charge in [-0.1, -0.05) is 54.1 Å². The number of carboxylic acids is 1. The van der Waals surface area contributed by atoms with Gasteiger partial charge < -0.3 is 35.4 Å². The molecule has 1 aliphatic rings. The van der Waals surface area contributed by atoms with Gasteiger partial charge in [-0.2, -0.15) is 0 Å². The average molecular weight is 590 g/mol. The lowest BCUT2D eigenvalue weighted by Gasteiger charge is -2.24. The van der Waals surface area contributed by atoms with Crippen molar-refractivity contribution < 1.29 is 33.8 Å². The van der Waals surface area contributed by atoms with Crippen LogP contribution in [-0.2, 0) is 25.7 Å². The lowest BCUT2D eigenvalue weighted by atomic mass is 10.1. The van der Waals surface area contributed by atoms with Crippen LogP contribution in [0.15, 0.2) is 79.0 Å². The third kappa shape index (κ3) is 9.54. The summed E-state index contributed by atoms with van der Waals surface area (Å²) < 4.78 is 11.3. The van der Waals surface area contributed by atoms with Crippen molar-refractivity contribution in [1.29, 1.82) is 0 Å². The number of hydrogen-bond donors (Lipinski definition) is 4. The molecule has 226 valence electrons. The summed E-state index contributed by atoms with van der Waals surface area (Å²) in [6.07, 6.45) is 1.15. The van der Waals surface area contributed by atoms with Crippen molar-refractivity contribution in [3.8, 4) is 0 Å². The Hall–Kier alpha value is -4.97. The lowest BCUT2D eigenvalue weighted by Crippen LogP contribution is -2.49. The molecule has 0 aliphatic carbocycles. The zero-order chi connectivity index (χ0) is 30.6. The highest BCUT2D eigenvalue weighted by atomic mass is 16.6. The number of pyridine rings is 1. The number of carbonyl (C=O) groups excluding carboxylic acids is 3. The molecule has 43 heavy (non-hydrogen) atoms. The predicted molar refractivity (Wildman–Crippen MR) is 157 cm³/mol. The Morgan fingerprint density at radius 1 is 1.02 bits per heavy atom. The number of amides is 3. The fraction of sp³-hybridized carbons (Fsp3) is 0.323. The molecule has 0 spiro atoms. The first kappa shape index (κ1) is 31.0. The summed E-state index contributed by atoms with van der Waals surface area (Å²) in [6.45, 7) is 1.92. The largest absolute Gasteiger partial charge is 0.480 e. The van der Waals surface area contributed by atoms with E-state index in [0.29, 0.717) is 24.3 Å².